The van der Waals surface area contributed by atoms with Gasteiger partial charge in [-0.15, -0.1) is 0 Å². The third kappa shape index (κ3) is 4.75. The van der Waals surface area contributed by atoms with E-state index in [1.54, 1.807) is 11.0 Å². The predicted molar refractivity (Wildman–Crippen MR) is 123 cm³/mol. The number of rotatable bonds is 4. The molecule has 2 aromatic rings. The summed E-state index contributed by atoms with van der Waals surface area (Å²) in [6.07, 6.45) is 0.205. The van der Waals surface area contributed by atoms with Gasteiger partial charge in [-0.25, -0.2) is 8.42 Å². The zero-order valence-electron chi connectivity index (χ0n) is 18.3. The number of anilines is 2. The molecule has 1 unspecified atom stereocenters. The Morgan fingerprint density at radius 1 is 1.09 bits per heavy atom. The summed E-state index contributed by atoms with van der Waals surface area (Å²) in [5.41, 5.74) is 1.68. The van der Waals surface area contributed by atoms with Gasteiger partial charge in [0.05, 0.1) is 34.4 Å². The van der Waals surface area contributed by atoms with Crippen LogP contribution in [0.4, 0.5) is 11.4 Å². The summed E-state index contributed by atoms with van der Waals surface area (Å²) >= 11 is 0. The molecule has 1 fully saturated rings. The first kappa shape index (κ1) is 22.9. The van der Waals surface area contributed by atoms with Crippen LogP contribution in [0.1, 0.15) is 18.9 Å². The Balaban J connectivity index is 1.42. The number of nitrogens with one attached hydrogen (secondary N) is 1. The quantitative estimate of drug-likeness (QED) is 0.731. The minimum atomic E-state index is -3.66. The van der Waals surface area contributed by atoms with Crippen molar-refractivity contribution < 1.29 is 18.0 Å². The molecular weight excluding hydrogens is 442 g/mol. The van der Waals surface area contributed by atoms with Crippen molar-refractivity contribution in [3.8, 4) is 6.07 Å². The molecule has 1 saturated heterocycles. The zero-order chi connectivity index (χ0) is 23.6. The molecule has 2 heterocycles. The highest BCUT2D eigenvalue weighted by molar-refractivity contribution is 7.89. The molecule has 2 aromatic carbocycles. The average Bonchev–Trinajstić information content (AvgIpc) is 2.93. The zero-order valence-corrected chi connectivity index (χ0v) is 19.1. The molecule has 0 spiro atoms. The standard InChI is InChI=1S/C23H25N5O4S/c1-17-14-22(29)25-20-4-2-3-5-21(20)28(17)23(30)16-26-10-12-27(13-11-26)33(31,32)19-8-6-18(15-24)7-9-19/h2-9,17H,10-14,16H2,1H3,(H,25,29). The molecule has 2 aliphatic heterocycles. The number of hydrogen-bond acceptors (Lipinski definition) is 6. The summed E-state index contributed by atoms with van der Waals surface area (Å²) in [5.74, 6) is -0.262. The molecule has 2 amide bonds. The van der Waals surface area contributed by atoms with Gasteiger partial charge < -0.3 is 10.2 Å². The number of sulfonamides is 1. The molecule has 172 valence electrons. The molecule has 0 bridgehead atoms. The van der Waals surface area contributed by atoms with E-state index in [1.807, 2.05) is 36.1 Å². The number of piperazine rings is 1. The molecule has 0 aliphatic carbocycles. The normalized spacial score (nSPS) is 19.8. The van der Waals surface area contributed by atoms with Gasteiger partial charge in [-0.2, -0.15) is 9.57 Å². The summed E-state index contributed by atoms with van der Waals surface area (Å²) in [6.45, 7) is 3.35. The lowest BCUT2D eigenvalue weighted by Crippen LogP contribution is -2.52. The van der Waals surface area contributed by atoms with Crippen molar-refractivity contribution in [3.05, 3.63) is 54.1 Å². The largest absolute Gasteiger partial charge is 0.324 e. The number of hydrogen-bond donors (Lipinski definition) is 1. The first-order chi connectivity index (χ1) is 15.8. The van der Waals surface area contributed by atoms with Crippen molar-refractivity contribution >= 4 is 33.2 Å². The molecule has 9 nitrogen and oxygen atoms in total. The van der Waals surface area contributed by atoms with Crippen LogP contribution in [0.2, 0.25) is 0 Å². The number of nitrogens with zero attached hydrogens (tertiary/aromatic N) is 4. The van der Waals surface area contributed by atoms with Crippen LogP contribution in [0.15, 0.2) is 53.4 Å². The van der Waals surface area contributed by atoms with E-state index in [2.05, 4.69) is 5.32 Å². The Labute approximate surface area is 193 Å². The van der Waals surface area contributed by atoms with Gasteiger partial charge in [-0.05, 0) is 43.3 Å². The third-order valence-electron chi connectivity index (χ3n) is 5.94. The lowest BCUT2D eigenvalue weighted by molar-refractivity contribution is -0.120. The van der Waals surface area contributed by atoms with Gasteiger partial charge in [0, 0.05) is 38.6 Å². The summed E-state index contributed by atoms with van der Waals surface area (Å²) in [5, 5.41) is 11.8. The van der Waals surface area contributed by atoms with Crippen LogP contribution in [0, 0.1) is 11.3 Å². The molecule has 4 rings (SSSR count). The van der Waals surface area contributed by atoms with Gasteiger partial charge in [0.15, 0.2) is 0 Å². The minimum absolute atomic E-state index is 0.130. The SMILES string of the molecule is CC1CC(=O)Nc2ccccc2N1C(=O)CN1CCN(S(=O)(=O)c2ccc(C#N)cc2)CC1. The third-order valence-corrected chi connectivity index (χ3v) is 7.85. The van der Waals surface area contributed by atoms with Gasteiger partial charge in [0.1, 0.15) is 0 Å². The smallest absolute Gasteiger partial charge is 0.243 e. The monoisotopic (exact) mass is 467 g/mol. The number of fused-ring (bicyclic) bond motifs is 1. The molecule has 10 heteroatoms. The number of carbonyl (C=O) groups excluding carboxylic acids is 2. The van der Waals surface area contributed by atoms with Gasteiger partial charge >= 0.3 is 0 Å². The van der Waals surface area contributed by atoms with Crippen molar-refractivity contribution in [1.82, 2.24) is 9.21 Å². The summed E-state index contributed by atoms with van der Waals surface area (Å²) in [4.78, 5) is 29.1. The Kier molecular flexibility index (Phi) is 6.47. The Bertz CT molecular complexity index is 1200. The van der Waals surface area contributed by atoms with Crippen molar-refractivity contribution in [2.24, 2.45) is 0 Å². The second-order valence-electron chi connectivity index (χ2n) is 8.20. The van der Waals surface area contributed by atoms with E-state index in [1.165, 1.54) is 28.6 Å². The van der Waals surface area contributed by atoms with Crippen molar-refractivity contribution in [2.45, 2.75) is 24.3 Å². The van der Waals surface area contributed by atoms with Gasteiger partial charge in [-0.3, -0.25) is 14.5 Å². The molecule has 2 aliphatic rings. The highest BCUT2D eigenvalue weighted by Crippen LogP contribution is 2.31. The van der Waals surface area contributed by atoms with Crippen LogP contribution in [-0.2, 0) is 19.6 Å². The van der Waals surface area contributed by atoms with Gasteiger partial charge in [-0.1, -0.05) is 12.1 Å². The fraction of sp³-hybridized carbons (Fsp3) is 0.348. The second kappa shape index (κ2) is 9.31. The molecule has 0 aromatic heterocycles. The van der Waals surface area contributed by atoms with Crippen molar-refractivity contribution in [3.63, 3.8) is 0 Å². The van der Waals surface area contributed by atoms with E-state index >= 15 is 0 Å². The van der Waals surface area contributed by atoms with Crippen LogP contribution in [0.3, 0.4) is 0 Å². The molecule has 0 radical (unpaired) electrons. The lowest BCUT2D eigenvalue weighted by atomic mass is 10.1. The van der Waals surface area contributed by atoms with Crippen LogP contribution < -0.4 is 10.2 Å². The maximum Gasteiger partial charge on any atom is 0.243 e. The van der Waals surface area contributed by atoms with E-state index in [-0.39, 0.29) is 48.8 Å². The van der Waals surface area contributed by atoms with Crippen molar-refractivity contribution in [2.75, 3.05) is 42.9 Å². The van der Waals surface area contributed by atoms with Gasteiger partial charge in [0.25, 0.3) is 0 Å². The summed E-state index contributed by atoms with van der Waals surface area (Å²) < 4.78 is 27.3. The molecule has 33 heavy (non-hydrogen) atoms. The summed E-state index contributed by atoms with van der Waals surface area (Å²) in [6, 6.07) is 14.8. The maximum absolute atomic E-state index is 13.2. The fourth-order valence-electron chi connectivity index (χ4n) is 4.21. The Morgan fingerprint density at radius 2 is 1.76 bits per heavy atom. The van der Waals surface area contributed by atoms with E-state index in [9.17, 15) is 18.0 Å². The Hall–Kier alpha value is -3.26. The first-order valence-electron chi connectivity index (χ1n) is 10.7. The van der Waals surface area contributed by atoms with E-state index in [0.717, 1.165) is 0 Å². The lowest BCUT2D eigenvalue weighted by Gasteiger charge is -2.35. The number of nitriles is 1. The van der Waals surface area contributed by atoms with Crippen LogP contribution in [-0.4, -0.2) is 68.2 Å². The maximum atomic E-state index is 13.2. The first-order valence-corrected chi connectivity index (χ1v) is 12.2. The number of amides is 2. The second-order valence-corrected chi connectivity index (χ2v) is 10.1. The number of carbonyl (C=O) groups is 2. The van der Waals surface area contributed by atoms with Crippen LogP contribution in [0.5, 0.6) is 0 Å². The average molecular weight is 468 g/mol. The van der Waals surface area contributed by atoms with Crippen molar-refractivity contribution in [1.29, 1.82) is 5.26 Å². The molecule has 1 atom stereocenters. The number of benzene rings is 2. The summed E-state index contributed by atoms with van der Waals surface area (Å²) in [7, 11) is -3.66. The van der Waals surface area contributed by atoms with E-state index in [4.69, 9.17) is 5.26 Å². The Morgan fingerprint density at radius 3 is 2.42 bits per heavy atom. The molecular formula is C23H25N5O4S. The fourth-order valence-corrected chi connectivity index (χ4v) is 5.64. The highest BCUT2D eigenvalue weighted by atomic mass is 32.2. The predicted octanol–water partition coefficient (Wildman–Crippen LogP) is 1.63. The van der Waals surface area contributed by atoms with Crippen LogP contribution in [0.25, 0.3) is 0 Å². The van der Waals surface area contributed by atoms with E-state index < -0.39 is 10.0 Å². The highest BCUT2D eigenvalue weighted by Gasteiger charge is 2.33. The minimum Gasteiger partial charge on any atom is -0.324 e. The van der Waals surface area contributed by atoms with E-state index in [0.29, 0.717) is 30.0 Å². The number of para-hydroxylation sites is 2. The van der Waals surface area contributed by atoms with Crippen LogP contribution >= 0.6 is 0 Å². The topological polar surface area (TPSA) is 114 Å². The molecule has 0 saturated carbocycles. The van der Waals surface area contributed by atoms with Gasteiger partial charge in [0.2, 0.25) is 21.8 Å². The molecule has 1 N–H and O–H groups in total.